The highest BCUT2D eigenvalue weighted by molar-refractivity contribution is 6.31. The van der Waals surface area contributed by atoms with Gasteiger partial charge in [-0.05, 0) is 26.1 Å². The van der Waals surface area contributed by atoms with Crippen LogP contribution in [0.1, 0.15) is 6.42 Å². The first kappa shape index (κ1) is 11.5. The van der Waals surface area contributed by atoms with Crippen molar-refractivity contribution in [3.63, 3.8) is 0 Å². The molecule has 0 spiro atoms. The number of nitrogen functional groups attached to an aromatic ring is 1. The number of rotatable bonds is 2. The van der Waals surface area contributed by atoms with E-state index in [1.165, 1.54) is 6.07 Å². The molecule has 16 heavy (non-hydrogen) atoms. The molecule has 2 rings (SSSR count). The number of benzene rings is 1. The second kappa shape index (κ2) is 4.47. The second-order valence-electron chi connectivity index (χ2n) is 4.25. The van der Waals surface area contributed by atoms with E-state index in [9.17, 15) is 4.39 Å². The molecule has 1 aromatic carbocycles. The Morgan fingerprint density at radius 1 is 1.56 bits per heavy atom. The van der Waals surface area contributed by atoms with Crippen molar-refractivity contribution < 1.29 is 4.39 Å². The largest absolute Gasteiger partial charge is 0.397 e. The van der Waals surface area contributed by atoms with Crippen LogP contribution >= 0.6 is 11.6 Å². The fourth-order valence-corrected chi connectivity index (χ4v) is 2.12. The molecule has 88 valence electrons. The van der Waals surface area contributed by atoms with Gasteiger partial charge in [0.2, 0.25) is 0 Å². The molecule has 1 aliphatic heterocycles. The molecule has 3 N–H and O–H groups in total. The Morgan fingerprint density at radius 3 is 2.94 bits per heavy atom. The maximum absolute atomic E-state index is 13.1. The molecule has 1 unspecified atom stereocenters. The van der Waals surface area contributed by atoms with Crippen LogP contribution in [0, 0.1) is 5.82 Å². The molecule has 1 heterocycles. The van der Waals surface area contributed by atoms with Gasteiger partial charge in [-0.1, -0.05) is 11.6 Å². The second-order valence-corrected chi connectivity index (χ2v) is 4.65. The predicted octanol–water partition coefficient (Wildman–Crippen LogP) is 2.18. The smallest absolute Gasteiger partial charge is 0.143 e. The van der Waals surface area contributed by atoms with Gasteiger partial charge in [0.05, 0.1) is 16.4 Å². The maximum Gasteiger partial charge on any atom is 0.143 e. The van der Waals surface area contributed by atoms with E-state index in [4.69, 9.17) is 17.3 Å². The number of likely N-dealkylation sites (N-methyl/N-ethyl adjacent to an activating group) is 1. The molecular formula is C11H15ClFN3. The van der Waals surface area contributed by atoms with E-state index in [0.29, 0.717) is 17.4 Å². The number of anilines is 2. The van der Waals surface area contributed by atoms with Gasteiger partial charge in [0, 0.05) is 18.7 Å². The first-order chi connectivity index (χ1) is 7.56. The van der Waals surface area contributed by atoms with Crippen LogP contribution in [-0.4, -0.2) is 31.1 Å². The van der Waals surface area contributed by atoms with E-state index >= 15 is 0 Å². The van der Waals surface area contributed by atoms with Crippen molar-refractivity contribution in [3.05, 3.63) is 23.0 Å². The fourth-order valence-electron chi connectivity index (χ4n) is 1.96. The van der Waals surface area contributed by atoms with Crippen molar-refractivity contribution in [2.24, 2.45) is 0 Å². The maximum atomic E-state index is 13.1. The summed E-state index contributed by atoms with van der Waals surface area (Å²) in [6.07, 6.45) is 1.06. The third-order valence-electron chi connectivity index (χ3n) is 2.84. The molecule has 1 saturated heterocycles. The van der Waals surface area contributed by atoms with E-state index in [1.807, 2.05) is 0 Å². The van der Waals surface area contributed by atoms with Crippen molar-refractivity contribution >= 4 is 23.0 Å². The molecule has 0 aliphatic carbocycles. The Labute approximate surface area is 99.4 Å². The predicted molar refractivity (Wildman–Crippen MR) is 65.3 cm³/mol. The highest BCUT2D eigenvalue weighted by Gasteiger charge is 2.20. The standard InChI is InChI=1S/C11H15ClFN3/c1-16-3-2-7(6-16)15-11-4-8(12)9(13)5-10(11)14/h4-5,7,15H,2-3,6,14H2,1H3. The number of nitrogens with one attached hydrogen (secondary N) is 1. The minimum atomic E-state index is -0.478. The van der Waals surface area contributed by atoms with Gasteiger partial charge >= 0.3 is 0 Å². The van der Waals surface area contributed by atoms with Crippen LogP contribution in [0.3, 0.4) is 0 Å². The van der Waals surface area contributed by atoms with Crippen molar-refractivity contribution in [2.75, 3.05) is 31.2 Å². The zero-order valence-corrected chi connectivity index (χ0v) is 9.89. The molecule has 0 aromatic heterocycles. The quantitative estimate of drug-likeness (QED) is 0.783. The van der Waals surface area contributed by atoms with Crippen LogP contribution in [0.2, 0.25) is 5.02 Å². The highest BCUT2D eigenvalue weighted by atomic mass is 35.5. The topological polar surface area (TPSA) is 41.3 Å². The van der Waals surface area contributed by atoms with Crippen LogP contribution in [0.15, 0.2) is 12.1 Å². The lowest BCUT2D eigenvalue weighted by Gasteiger charge is -2.16. The van der Waals surface area contributed by atoms with Crippen molar-refractivity contribution in [1.82, 2.24) is 4.90 Å². The van der Waals surface area contributed by atoms with Gasteiger partial charge in [-0.3, -0.25) is 0 Å². The van der Waals surface area contributed by atoms with Gasteiger partial charge in [0.25, 0.3) is 0 Å². The minimum absolute atomic E-state index is 0.100. The number of nitrogens with zero attached hydrogens (tertiary/aromatic N) is 1. The summed E-state index contributed by atoms with van der Waals surface area (Å²) in [6, 6.07) is 3.15. The molecule has 0 bridgehead atoms. The van der Waals surface area contributed by atoms with E-state index in [2.05, 4.69) is 17.3 Å². The number of halogens is 2. The van der Waals surface area contributed by atoms with Gasteiger partial charge in [-0.25, -0.2) is 4.39 Å². The molecule has 0 radical (unpaired) electrons. The van der Waals surface area contributed by atoms with Crippen LogP contribution in [0.4, 0.5) is 15.8 Å². The summed E-state index contributed by atoms with van der Waals surface area (Å²) in [5.41, 5.74) is 6.84. The van der Waals surface area contributed by atoms with Gasteiger partial charge in [0.15, 0.2) is 0 Å². The lowest BCUT2D eigenvalue weighted by atomic mass is 10.2. The summed E-state index contributed by atoms with van der Waals surface area (Å²) in [5, 5.41) is 3.39. The third kappa shape index (κ3) is 2.39. The summed E-state index contributed by atoms with van der Waals surface area (Å²) < 4.78 is 13.1. The SMILES string of the molecule is CN1CCC(Nc2cc(Cl)c(F)cc2N)C1. The first-order valence-corrected chi connectivity index (χ1v) is 5.63. The van der Waals surface area contributed by atoms with Crippen LogP contribution in [0.25, 0.3) is 0 Å². The van der Waals surface area contributed by atoms with E-state index in [-0.39, 0.29) is 5.02 Å². The van der Waals surface area contributed by atoms with Crippen LogP contribution < -0.4 is 11.1 Å². The Morgan fingerprint density at radius 2 is 2.31 bits per heavy atom. The summed E-state index contributed by atoms with van der Waals surface area (Å²) in [5.74, 6) is -0.478. The average Bonchev–Trinajstić information content (AvgIpc) is 2.60. The molecule has 5 heteroatoms. The number of hydrogen-bond donors (Lipinski definition) is 2. The molecule has 1 atom stereocenters. The van der Waals surface area contributed by atoms with Gasteiger partial charge in [0.1, 0.15) is 5.82 Å². The fraction of sp³-hybridized carbons (Fsp3) is 0.455. The zero-order valence-electron chi connectivity index (χ0n) is 9.13. The van der Waals surface area contributed by atoms with E-state index < -0.39 is 5.82 Å². The normalized spacial score (nSPS) is 21.3. The van der Waals surface area contributed by atoms with Crippen molar-refractivity contribution in [3.8, 4) is 0 Å². The summed E-state index contributed by atoms with van der Waals surface area (Å²) in [4.78, 5) is 2.24. The molecule has 0 amide bonds. The Bertz CT molecular complexity index is 397. The van der Waals surface area contributed by atoms with Crippen LogP contribution in [0.5, 0.6) is 0 Å². The summed E-state index contributed by atoms with van der Waals surface area (Å²) in [7, 11) is 2.07. The molecule has 3 nitrogen and oxygen atoms in total. The lowest BCUT2D eigenvalue weighted by Crippen LogP contribution is -2.24. The molecule has 0 saturated carbocycles. The van der Waals surface area contributed by atoms with Crippen molar-refractivity contribution in [2.45, 2.75) is 12.5 Å². The average molecular weight is 244 g/mol. The van der Waals surface area contributed by atoms with Crippen molar-refractivity contribution in [1.29, 1.82) is 0 Å². The minimum Gasteiger partial charge on any atom is -0.397 e. The van der Waals surface area contributed by atoms with Gasteiger partial charge in [-0.15, -0.1) is 0 Å². The van der Waals surface area contributed by atoms with E-state index in [0.717, 1.165) is 19.5 Å². The highest BCUT2D eigenvalue weighted by Crippen LogP contribution is 2.27. The van der Waals surface area contributed by atoms with Gasteiger partial charge in [-0.2, -0.15) is 0 Å². The van der Waals surface area contributed by atoms with Crippen LogP contribution in [-0.2, 0) is 0 Å². The van der Waals surface area contributed by atoms with E-state index in [1.54, 1.807) is 6.07 Å². The molecule has 1 aliphatic rings. The molecular weight excluding hydrogens is 229 g/mol. The lowest BCUT2D eigenvalue weighted by molar-refractivity contribution is 0.414. The Balaban J connectivity index is 2.12. The Kier molecular flexibility index (Phi) is 3.21. The molecule has 1 aromatic rings. The Hall–Kier alpha value is -1.00. The van der Waals surface area contributed by atoms with Gasteiger partial charge < -0.3 is 16.0 Å². The number of likely N-dealkylation sites (tertiary alicyclic amines) is 1. The summed E-state index contributed by atoms with van der Waals surface area (Å²) >= 11 is 5.72. The third-order valence-corrected chi connectivity index (χ3v) is 3.13. The molecule has 1 fully saturated rings. The number of nitrogens with two attached hydrogens (primary N) is 1. The summed E-state index contributed by atoms with van der Waals surface area (Å²) in [6.45, 7) is 2.03. The zero-order chi connectivity index (χ0) is 11.7. The monoisotopic (exact) mass is 243 g/mol. The number of hydrogen-bond acceptors (Lipinski definition) is 3. The first-order valence-electron chi connectivity index (χ1n) is 5.26.